The van der Waals surface area contributed by atoms with Crippen molar-refractivity contribution >= 4 is 5.97 Å². The van der Waals surface area contributed by atoms with Crippen LogP contribution in [-0.4, -0.2) is 26.2 Å². The molecule has 0 heterocycles. The van der Waals surface area contributed by atoms with E-state index in [-0.39, 0.29) is 5.97 Å². The van der Waals surface area contributed by atoms with Gasteiger partial charge in [0.1, 0.15) is 0 Å². The van der Waals surface area contributed by atoms with Crippen LogP contribution in [0.1, 0.15) is 6.92 Å². The number of ether oxygens (including phenoxy) is 1. The van der Waals surface area contributed by atoms with Gasteiger partial charge in [-0.2, -0.15) is 0 Å². The lowest BCUT2D eigenvalue weighted by molar-refractivity contribution is -0.136. The molecule has 66 valence electrons. The lowest BCUT2D eigenvalue weighted by Crippen LogP contribution is -2.14. The van der Waals surface area contributed by atoms with Crippen LogP contribution < -0.4 is 5.32 Å². The zero-order valence-corrected chi connectivity index (χ0v) is 7.39. The Kier molecular flexibility index (Phi) is 5.76. The van der Waals surface area contributed by atoms with Crippen LogP contribution in [-0.2, 0) is 9.53 Å². The maximum atomic E-state index is 10.8. The summed E-state index contributed by atoms with van der Waals surface area (Å²) in [5, 5.41) is 2.92. The molecule has 3 nitrogen and oxygen atoms in total. The fraction of sp³-hybridized carbons (Fsp3) is 0.444. The van der Waals surface area contributed by atoms with E-state index in [1.54, 1.807) is 13.0 Å². The SMILES string of the molecule is C#CCNCC=C(C)C(=O)OC. The van der Waals surface area contributed by atoms with Gasteiger partial charge in [-0.1, -0.05) is 12.0 Å². The number of hydrogen-bond donors (Lipinski definition) is 1. The molecule has 0 aliphatic heterocycles. The van der Waals surface area contributed by atoms with Crippen LogP contribution in [0.5, 0.6) is 0 Å². The molecule has 0 atom stereocenters. The summed E-state index contributed by atoms with van der Waals surface area (Å²) < 4.78 is 4.49. The average Bonchev–Trinajstić information content (AvgIpc) is 2.10. The van der Waals surface area contributed by atoms with Gasteiger partial charge in [0.15, 0.2) is 0 Å². The van der Waals surface area contributed by atoms with E-state index in [4.69, 9.17) is 6.42 Å². The largest absolute Gasteiger partial charge is 0.466 e. The first kappa shape index (κ1) is 10.7. The Morgan fingerprint density at radius 3 is 2.92 bits per heavy atom. The van der Waals surface area contributed by atoms with Crippen LogP contribution in [0.15, 0.2) is 11.6 Å². The standard InChI is InChI=1S/C9H13NO2/c1-4-6-10-7-5-8(2)9(11)12-3/h1,5,10H,6-7H2,2-3H3. The molecule has 0 aromatic carbocycles. The molecule has 0 rings (SSSR count). The number of terminal acetylenes is 1. The molecule has 0 saturated carbocycles. The van der Waals surface area contributed by atoms with Crippen LogP contribution in [0.2, 0.25) is 0 Å². The van der Waals surface area contributed by atoms with Gasteiger partial charge < -0.3 is 10.1 Å². The van der Waals surface area contributed by atoms with Crippen molar-refractivity contribution in [1.29, 1.82) is 0 Å². The molecule has 0 radical (unpaired) electrons. The normalized spacial score (nSPS) is 10.6. The monoisotopic (exact) mass is 167 g/mol. The van der Waals surface area contributed by atoms with E-state index >= 15 is 0 Å². The number of nitrogens with one attached hydrogen (secondary N) is 1. The van der Waals surface area contributed by atoms with Gasteiger partial charge in [0.2, 0.25) is 0 Å². The van der Waals surface area contributed by atoms with Crippen molar-refractivity contribution in [2.75, 3.05) is 20.2 Å². The highest BCUT2D eigenvalue weighted by atomic mass is 16.5. The molecular formula is C9H13NO2. The van der Waals surface area contributed by atoms with Crippen molar-refractivity contribution < 1.29 is 9.53 Å². The molecule has 0 aromatic rings. The summed E-state index contributed by atoms with van der Waals surface area (Å²) >= 11 is 0. The molecule has 0 aliphatic carbocycles. The molecule has 0 unspecified atom stereocenters. The predicted octanol–water partition coefficient (Wildman–Crippen LogP) is 0.329. The number of rotatable bonds is 4. The topological polar surface area (TPSA) is 38.3 Å². The van der Waals surface area contributed by atoms with Gasteiger partial charge >= 0.3 is 5.97 Å². The second kappa shape index (κ2) is 6.44. The summed E-state index contributed by atoms with van der Waals surface area (Å²) in [6.07, 6.45) is 6.75. The van der Waals surface area contributed by atoms with Crippen molar-refractivity contribution in [3.8, 4) is 12.3 Å². The number of carbonyl (C=O) groups is 1. The second-order valence-electron chi connectivity index (χ2n) is 2.21. The molecule has 3 heteroatoms. The van der Waals surface area contributed by atoms with Gasteiger partial charge in [-0.05, 0) is 6.92 Å². The van der Waals surface area contributed by atoms with E-state index in [0.717, 1.165) is 0 Å². The Balaban J connectivity index is 3.70. The van der Waals surface area contributed by atoms with Crippen molar-refractivity contribution in [3.63, 3.8) is 0 Å². The summed E-state index contributed by atoms with van der Waals surface area (Å²) in [5.41, 5.74) is 0.585. The highest BCUT2D eigenvalue weighted by Crippen LogP contribution is 1.93. The number of carbonyl (C=O) groups excluding carboxylic acids is 1. The molecule has 0 aliphatic rings. The summed E-state index contributed by atoms with van der Waals surface area (Å²) in [5.74, 6) is 2.12. The van der Waals surface area contributed by atoms with E-state index < -0.39 is 0 Å². The third-order valence-corrected chi connectivity index (χ3v) is 1.29. The van der Waals surface area contributed by atoms with Gasteiger partial charge in [-0.15, -0.1) is 6.42 Å². The summed E-state index contributed by atoms with van der Waals surface area (Å²) in [6, 6.07) is 0. The van der Waals surface area contributed by atoms with Crippen LogP contribution in [0.4, 0.5) is 0 Å². The lowest BCUT2D eigenvalue weighted by atomic mass is 10.3. The van der Waals surface area contributed by atoms with Crippen LogP contribution in [0, 0.1) is 12.3 Å². The zero-order chi connectivity index (χ0) is 9.40. The minimum atomic E-state index is -0.308. The van der Waals surface area contributed by atoms with Crippen molar-refractivity contribution in [1.82, 2.24) is 5.32 Å². The van der Waals surface area contributed by atoms with E-state index in [0.29, 0.717) is 18.7 Å². The maximum absolute atomic E-state index is 10.8. The first-order chi connectivity index (χ1) is 5.72. The molecule has 0 fully saturated rings. The Bertz CT molecular complexity index is 213. The fourth-order valence-corrected chi connectivity index (χ4v) is 0.614. The number of hydrogen-bond acceptors (Lipinski definition) is 3. The smallest absolute Gasteiger partial charge is 0.333 e. The molecule has 12 heavy (non-hydrogen) atoms. The quantitative estimate of drug-likeness (QED) is 0.284. The molecule has 0 saturated heterocycles. The number of esters is 1. The van der Waals surface area contributed by atoms with Crippen molar-refractivity contribution in [2.45, 2.75) is 6.92 Å². The van der Waals surface area contributed by atoms with Crippen LogP contribution in [0.3, 0.4) is 0 Å². The first-order valence-electron chi connectivity index (χ1n) is 3.61. The van der Waals surface area contributed by atoms with Gasteiger partial charge in [0.05, 0.1) is 13.7 Å². The summed E-state index contributed by atoms with van der Waals surface area (Å²) in [7, 11) is 1.36. The van der Waals surface area contributed by atoms with Crippen LogP contribution >= 0.6 is 0 Å². The fourth-order valence-electron chi connectivity index (χ4n) is 0.614. The first-order valence-corrected chi connectivity index (χ1v) is 3.61. The molecule has 0 amide bonds. The Morgan fingerprint density at radius 2 is 2.42 bits per heavy atom. The third-order valence-electron chi connectivity index (χ3n) is 1.29. The summed E-state index contributed by atoms with van der Waals surface area (Å²) in [4.78, 5) is 10.8. The van der Waals surface area contributed by atoms with Gasteiger partial charge in [-0.3, -0.25) is 0 Å². The van der Waals surface area contributed by atoms with Crippen molar-refractivity contribution in [3.05, 3.63) is 11.6 Å². The van der Waals surface area contributed by atoms with Crippen LogP contribution in [0.25, 0.3) is 0 Å². The Morgan fingerprint density at radius 1 is 1.75 bits per heavy atom. The third kappa shape index (κ3) is 4.53. The van der Waals surface area contributed by atoms with E-state index in [2.05, 4.69) is 16.0 Å². The second-order valence-corrected chi connectivity index (χ2v) is 2.21. The maximum Gasteiger partial charge on any atom is 0.333 e. The average molecular weight is 167 g/mol. The Labute approximate surface area is 72.8 Å². The van der Waals surface area contributed by atoms with Crippen molar-refractivity contribution in [2.24, 2.45) is 0 Å². The van der Waals surface area contributed by atoms with E-state index in [1.165, 1.54) is 7.11 Å². The minimum absolute atomic E-state index is 0.308. The van der Waals surface area contributed by atoms with E-state index in [1.807, 2.05) is 0 Å². The van der Waals surface area contributed by atoms with Gasteiger partial charge in [0, 0.05) is 12.1 Å². The molecule has 1 N–H and O–H groups in total. The number of methoxy groups -OCH3 is 1. The highest BCUT2D eigenvalue weighted by Gasteiger charge is 2.00. The minimum Gasteiger partial charge on any atom is -0.466 e. The molecule has 0 spiro atoms. The predicted molar refractivity (Wildman–Crippen MR) is 47.5 cm³/mol. The van der Waals surface area contributed by atoms with Gasteiger partial charge in [0.25, 0.3) is 0 Å². The zero-order valence-electron chi connectivity index (χ0n) is 7.39. The van der Waals surface area contributed by atoms with E-state index in [9.17, 15) is 4.79 Å². The molecule has 0 bridgehead atoms. The molecular weight excluding hydrogens is 154 g/mol. The summed E-state index contributed by atoms with van der Waals surface area (Å²) in [6.45, 7) is 2.79. The Hall–Kier alpha value is -1.27. The molecule has 0 aromatic heterocycles. The highest BCUT2D eigenvalue weighted by molar-refractivity contribution is 5.87. The van der Waals surface area contributed by atoms with Gasteiger partial charge in [-0.25, -0.2) is 4.79 Å². The lowest BCUT2D eigenvalue weighted by Gasteiger charge is -1.98.